The monoisotopic (exact) mass is 377 g/mol. The van der Waals surface area contributed by atoms with Crippen molar-refractivity contribution in [3.63, 3.8) is 0 Å². The van der Waals surface area contributed by atoms with E-state index < -0.39 is 0 Å². The Morgan fingerprint density at radius 1 is 1.07 bits per heavy atom. The van der Waals surface area contributed by atoms with Crippen molar-refractivity contribution in [2.24, 2.45) is 0 Å². The van der Waals surface area contributed by atoms with Crippen LogP contribution in [0.5, 0.6) is 0 Å². The highest BCUT2D eigenvalue weighted by Gasteiger charge is 2.23. The number of nitrogens with one attached hydrogen (secondary N) is 1. The smallest absolute Gasteiger partial charge is 0.276 e. The second-order valence-electron chi connectivity index (χ2n) is 6.57. The van der Waals surface area contributed by atoms with Crippen molar-refractivity contribution in [2.75, 3.05) is 16.8 Å². The minimum Gasteiger partial charge on any atom is -0.380 e. The molecule has 2 aromatic carbocycles. The van der Waals surface area contributed by atoms with E-state index in [9.17, 15) is 4.79 Å². The third-order valence-corrected chi connectivity index (χ3v) is 5.15. The topological polar surface area (TPSA) is 45.2 Å². The molecule has 1 aliphatic rings. The average Bonchev–Trinajstić information content (AvgIpc) is 2.73. The molecule has 0 spiro atoms. The Morgan fingerprint density at radius 2 is 1.89 bits per heavy atom. The van der Waals surface area contributed by atoms with Gasteiger partial charge in [0.1, 0.15) is 5.69 Å². The van der Waals surface area contributed by atoms with Crippen LogP contribution in [0, 0.1) is 0 Å². The fourth-order valence-corrected chi connectivity index (χ4v) is 3.55. The van der Waals surface area contributed by atoms with Crippen molar-refractivity contribution in [1.29, 1.82) is 0 Å². The summed E-state index contributed by atoms with van der Waals surface area (Å²) < 4.78 is 0. The molecule has 4 rings (SSSR count). The molecule has 0 saturated heterocycles. The molecule has 0 atom stereocenters. The van der Waals surface area contributed by atoms with Gasteiger partial charge in [-0.3, -0.25) is 4.79 Å². The summed E-state index contributed by atoms with van der Waals surface area (Å²) in [4.78, 5) is 19.1. The molecule has 0 bridgehead atoms. The molecular weight excluding hydrogens is 358 g/mol. The molecule has 136 valence electrons. The van der Waals surface area contributed by atoms with E-state index in [-0.39, 0.29) is 5.91 Å². The molecule has 0 radical (unpaired) electrons. The first-order valence-corrected chi connectivity index (χ1v) is 9.43. The Hall–Kier alpha value is -2.85. The van der Waals surface area contributed by atoms with Gasteiger partial charge in [0.2, 0.25) is 0 Å². The average molecular weight is 378 g/mol. The maximum Gasteiger partial charge on any atom is 0.276 e. The number of nitrogens with zero attached hydrogens (tertiary/aromatic N) is 2. The van der Waals surface area contributed by atoms with Crippen LogP contribution in [0.3, 0.4) is 0 Å². The number of aromatic nitrogens is 1. The van der Waals surface area contributed by atoms with E-state index in [1.165, 1.54) is 5.56 Å². The highest BCUT2D eigenvalue weighted by Crippen LogP contribution is 2.28. The summed E-state index contributed by atoms with van der Waals surface area (Å²) in [5, 5.41) is 4.02. The number of hydrogen-bond donors (Lipinski definition) is 1. The summed E-state index contributed by atoms with van der Waals surface area (Å²) in [5.74, 6) is -0.0557. The largest absolute Gasteiger partial charge is 0.380 e. The van der Waals surface area contributed by atoms with Gasteiger partial charge in [0.15, 0.2) is 0 Å². The highest BCUT2D eigenvalue weighted by atomic mass is 35.5. The first-order valence-electron chi connectivity index (χ1n) is 9.05. The van der Waals surface area contributed by atoms with E-state index in [0.717, 1.165) is 41.3 Å². The molecule has 1 aromatic heterocycles. The van der Waals surface area contributed by atoms with Crippen LogP contribution in [-0.2, 0) is 13.0 Å². The second kappa shape index (κ2) is 7.80. The van der Waals surface area contributed by atoms with Crippen molar-refractivity contribution in [3.8, 4) is 0 Å². The van der Waals surface area contributed by atoms with Crippen LogP contribution in [0.2, 0.25) is 5.02 Å². The number of pyridine rings is 1. The molecule has 0 fully saturated rings. The Kier molecular flexibility index (Phi) is 5.07. The molecule has 3 aromatic rings. The van der Waals surface area contributed by atoms with E-state index >= 15 is 0 Å². The molecule has 0 unspecified atom stereocenters. The molecule has 1 N–H and O–H groups in total. The first-order chi connectivity index (χ1) is 13.2. The minimum atomic E-state index is -0.0557. The van der Waals surface area contributed by atoms with Crippen LogP contribution in [-0.4, -0.2) is 17.4 Å². The van der Waals surface area contributed by atoms with Crippen LogP contribution in [0.1, 0.15) is 28.0 Å². The van der Waals surface area contributed by atoms with Crippen LogP contribution < -0.4 is 10.2 Å². The third kappa shape index (κ3) is 3.81. The Morgan fingerprint density at radius 3 is 2.70 bits per heavy atom. The fraction of sp³-hybridized carbons (Fsp3) is 0.182. The number of rotatable bonds is 4. The van der Waals surface area contributed by atoms with Crippen molar-refractivity contribution < 1.29 is 4.79 Å². The van der Waals surface area contributed by atoms with Crippen molar-refractivity contribution in [2.45, 2.75) is 19.4 Å². The van der Waals surface area contributed by atoms with Crippen LogP contribution in [0.4, 0.5) is 11.4 Å². The lowest BCUT2D eigenvalue weighted by atomic mass is 10.0. The number of carbonyl (C=O) groups excluding carboxylic acids is 1. The van der Waals surface area contributed by atoms with Gasteiger partial charge in [0.05, 0.1) is 11.9 Å². The lowest BCUT2D eigenvalue weighted by Gasteiger charge is -2.29. The Balaban J connectivity index is 1.46. The van der Waals surface area contributed by atoms with Gasteiger partial charge in [-0.25, -0.2) is 4.98 Å². The molecule has 2 heterocycles. The lowest BCUT2D eigenvalue weighted by Crippen LogP contribution is -2.35. The van der Waals surface area contributed by atoms with Gasteiger partial charge in [-0.1, -0.05) is 48.0 Å². The van der Waals surface area contributed by atoms with Crippen LogP contribution in [0.15, 0.2) is 66.9 Å². The van der Waals surface area contributed by atoms with E-state index in [1.54, 1.807) is 12.3 Å². The number of benzene rings is 2. The number of carbonyl (C=O) groups is 1. The summed E-state index contributed by atoms with van der Waals surface area (Å²) in [6.07, 6.45) is 3.68. The van der Waals surface area contributed by atoms with E-state index in [0.29, 0.717) is 12.2 Å². The van der Waals surface area contributed by atoms with Crippen LogP contribution in [0.25, 0.3) is 0 Å². The van der Waals surface area contributed by atoms with Gasteiger partial charge in [0, 0.05) is 23.8 Å². The molecule has 27 heavy (non-hydrogen) atoms. The molecule has 1 aliphatic heterocycles. The molecule has 4 nitrogen and oxygen atoms in total. The zero-order chi connectivity index (χ0) is 18.6. The maximum absolute atomic E-state index is 12.9. The number of fused-ring (bicyclic) bond motifs is 1. The Bertz CT molecular complexity index is 956. The number of amides is 1. The minimum absolute atomic E-state index is 0.0557. The maximum atomic E-state index is 12.9. The predicted molar refractivity (Wildman–Crippen MR) is 109 cm³/mol. The zero-order valence-electron chi connectivity index (χ0n) is 14.9. The van der Waals surface area contributed by atoms with Crippen LogP contribution >= 0.6 is 11.6 Å². The van der Waals surface area contributed by atoms with E-state index in [2.05, 4.69) is 16.4 Å². The summed E-state index contributed by atoms with van der Waals surface area (Å²) in [5.41, 5.74) is 4.54. The van der Waals surface area contributed by atoms with Gasteiger partial charge < -0.3 is 10.2 Å². The molecule has 5 heteroatoms. The van der Waals surface area contributed by atoms with Gasteiger partial charge >= 0.3 is 0 Å². The molecular formula is C22H20ClN3O. The lowest BCUT2D eigenvalue weighted by molar-refractivity contribution is 0.0980. The number of anilines is 2. The summed E-state index contributed by atoms with van der Waals surface area (Å²) >= 11 is 6.18. The number of halogens is 1. The van der Waals surface area contributed by atoms with Gasteiger partial charge in [0.25, 0.3) is 5.91 Å². The fourth-order valence-electron chi connectivity index (χ4n) is 3.35. The van der Waals surface area contributed by atoms with Crippen molar-refractivity contribution >= 4 is 28.9 Å². The number of aryl methyl sites for hydroxylation is 1. The summed E-state index contributed by atoms with van der Waals surface area (Å²) in [7, 11) is 0. The van der Waals surface area contributed by atoms with Gasteiger partial charge in [-0.05, 0) is 48.2 Å². The first kappa shape index (κ1) is 17.6. The summed E-state index contributed by atoms with van der Waals surface area (Å²) in [6, 6.07) is 19.5. The molecule has 0 aliphatic carbocycles. The second-order valence-corrected chi connectivity index (χ2v) is 6.97. The third-order valence-electron chi connectivity index (χ3n) is 4.78. The quantitative estimate of drug-likeness (QED) is 0.700. The van der Waals surface area contributed by atoms with Gasteiger partial charge in [-0.15, -0.1) is 0 Å². The SMILES string of the molecule is O=C(c1ccc(NCc2ccccc2Cl)cn1)N1CCCc2ccccc21. The highest BCUT2D eigenvalue weighted by molar-refractivity contribution is 6.31. The Labute approximate surface area is 163 Å². The summed E-state index contributed by atoms with van der Waals surface area (Å²) in [6.45, 7) is 1.33. The van der Waals surface area contributed by atoms with Crippen molar-refractivity contribution in [3.05, 3.63) is 88.7 Å². The van der Waals surface area contributed by atoms with E-state index in [1.807, 2.05) is 53.4 Å². The van der Waals surface area contributed by atoms with E-state index in [4.69, 9.17) is 11.6 Å². The molecule has 1 amide bonds. The van der Waals surface area contributed by atoms with Crippen molar-refractivity contribution in [1.82, 2.24) is 4.98 Å². The van der Waals surface area contributed by atoms with Gasteiger partial charge in [-0.2, -0.15) is 0 Å². The normalized spacial score (nSPS) is 13.1. The molecule has 0 saturated carbocycles. The zero-order valence-corrected chi connectivity index (χ0v) is 15.6. The predicted octanol–water partition coefficient (Wildman–Crippen LogP) is 4.94. The standard InChI is InChI=1S/C22H20ClN3O/c23-19-9-3-1-7-17(19)14-24-18-11-12-20(25-15-18)22(27)26-13-5-8-16-6-2-4-10-21(16)26/h1-4,6-7,9-12,15,24H,5,8,13-14H2. The number of hydrogen-bond acceptors (Lipinski definition) is 3. The number of para-hydroxylation sites is 1.